The highest BCUT2D eigenvalue weighted by molar-refractivity contribution is 7.81. The first-order chi connectivity index (χ1) is 6.20. The minimum atomic E-state index is -0.240. The summed E-state index contributed by atoms with van der Waals surface area (Å²) in [5, 5.41) is 5.51. The Morgan fingerprint density at radius 2 is 2.62 bits per heavy atom. The second-order valence-corrected chi connectivity index (χ2v) is 4.40. The number of amides is 1. The van der Waals surface area contributed by atoms with E-state index in [2.05, 4.69) is 22.9 Å². The second-order valence-electron chi connectivity index (χ2n) is 2.64. The van der Waals surface area contributed by atoms with E-state index in [0.717, 1.165) is 11.4 Å². The van der Waals surface area contributed by atoms with Gasteiger partial charge in [-0.15, -0.1) is 11.3 Å². The molecule has 1 N–H and O–H groups in total. The molecule has 0 radical (unpaired) electrons. The average molecular weight is 216 g/mol. The molecule has 0 saturated heterocycles. The van der Waals surface area contributed by atoms with Gasteiger partial charge in [-0.3, -0.25) is 4.79 Å². The van der Waals surface area contributed by atoms with Crippen LogP contribution in [0.1, 0.15) is 11.9 Å². The lowest BCUT2D eigenvalue weighted by Crippen LogP contribution is -2.31. The molecule has 0 aromatic carbocycles. The zero-order chi connectivity index (χ0) is 9.68. The van der Waals surface area contributed by atoms with Crippen LogP contribution in [0.5, 0.6) is 0 Å². The van der Waals surface area contributed by atoms with Crippen molar-refractivity contribution in [3.8, 4) is 0 Å². The van der Waals surface area contributed by atoms with Gasteiger partial charge in [-0.1, -0.05) is 0 Å². The summed E-state index contributed by atoms with van der Waals surface area (Å²) in [4.78, 5) is 15.2. The predicted octanol–water partition coefficient (Wildman–Crippen LogP) is 1.12. The molecule has 1 aromatic rings. The zero-order valence-corrected chi connectivity index (χ0v) is 9.07. The Morgan fingerprint density at radius 1 is 1.85 bits per heavy atom. The molecule has 0 aliphatic rings. The van der Waals surface area contributed by atoms with Crippen LogP contribution in [0.25, 0.3) is 0 Å². The van der Waals surface area contributed by atoms with Gasteiger partial charge in [-0.2, -0.15) is 12.6 Å². The molecule has 3 nitrogen and oxygen atoms in total. The average Bonchev–Trinajstić information content (AvgIpc) is 2.56. The zero-order valence-electron chi connectivity index (χ0n) is 7.36. The maximum atomic E-state index is 11.1. The lowest BCUT2D eigenvalue weighted by atomic mass is 10.4. The summed E-state index contributed by atoms with van der Waals surface area (Å²) in [7, 11) is 0. The van der Waals surface area contributed by atoms with Gasteiger partial charge in [-0.25, -0.2) is 4.98 Å². The summed E-state index contributed by atoms with van der Waals surface area (Å²) >= 11 is 5.62. The number of rotatable bonds is 4. The number of nitrogens with zero attached hydrogens (tertiary/aromatic N) is 1. The number of aromatic nitrogens is 1. The molecule has 1 amide bonds. The molecule has 0 bridgehead atoms. The van der Waals surface area contributed by atoms with Crippen molar-refractivity contribution in [1.82, 2.24) is 10.3 Å². The number of carbonyl (C=O) groups excluding carboxylic acids is 1. The maximum Gasteiger partial charge on any atom is 0.232 e. The summed E-state index contributed by atoms with van der Waals surface area (Å²) in [6.07, 6.45) is 2.56. The largest absolute Gasteiger partial charge is 0.355 e. The smallest absolute Gasteiger partial charge is 0.232 e. The molecule has 1 rings (SSSR count). The Labute approximate surface area is 87.0 Å². The Kier molecular flexibility index (Phi) is 4.24. The molecule has 1 unspecified atom stereocenters. The van der Waals surface area contributed by atoms with Gasteiger partial charge in [0.1, 0.15) is 0 Å². The Morgan fingerprint density at radius 3 is 3.15 bits per heavy atom. The molecule has 72 valence electrons. The normalized spacial score (nSPS) is 12.5. The number of nitrogens with one attached hydrogen (secondary N) is 1. The van der Waals surface area contributed by atoms with E-state index >= 15 is 0 Å². The van der Waals surface area contributed by atoms with Crippen LogP contribution in [0.3, 0.4) is 0 Å². The lowest BCUT2D eigenvalue weighted by molar-refractivity contribution is -0.120. The van der Waals surface area contributed by atoms with Gasteiger partial charge in [0, 0.05) is 24.5 Å². The Bertz CT molecular complexity index is 259. The van der Waals surface area contributed by atoms with Crippen LogP contribution in [0.4, 0.5) is 0 Å². The summed E-state index contributed by atoms with van der Waals surface area (Å²) in [5.74, 6) is -0.0279. The molecule has 1 heterocycles. The van der Waals surface area contributed by atoms with Gasteiger partial charge in [-0.05, 0) is 6.92 Å². The van der Waals surface area contributed by atoms with Crippen molar-refractivity contribution in [2.75, 3.05) is 6.54 Å². The number of thiazole rings is 1. The summed E-state index contributed by atoms with van der Waals surface area (Å²) in [5.41, 5.74) is 0. The highest BCUT2D eigenvalue weighted by Gasteiger charge is 2.06. The van der Waals surface area contributed by atoms with Crippen molar-refractivity contribution in [2.45, 2.75) is 18.6 Å². The highest BCUT2D eigenvalue weighted by atomic mass is 32.1. The van der Waals surface area contributed by atoms with Crippen molar-refractivity contribution in [1.29, 1.82) is 0 Å². The lowest BCUT2D eigenvalue weighted by Gasteiger charge is -2.05. The standard InChI is InChI=1S/C8H12N2OS2/c1-6(12)8(11)10-3-2-7-9-4-5-13-7/h4-6,12H,2-3H2,1H3,(H,10,11). The second kappa shape index (κ2) is 5.24. The predicted molar refractivity (Wildman–Crippen MR) is 57.3 cm³/mol. The third kappa shape index (κ3) is 3.78. The fourth-order valence-electron chi connectivity index (χ4n) is 0.817. The van der Waals surface area contributed by atoms with E-state index in [1.165, 1.54) is 0 Å². The van der Waals surface area contributed by atoms with Crippen LogP contribution in [0.2, 0.25) is 0 Å². The molecule has 1 atom stereocenters. The van der Waals surface area contributed by atoms with E-state index in [1.807, 2.05) is 5.38 Å². The molecule has 13 heavy (non-hydrogen) atoms. The van der Waals surface area contributed by atoms with Crippen molar-refractivity contribution in [3.05, 3.63) is 16.6 Å². The van der Waals surface area contributed by atoms with E-state index in [-0.39, 0.29) is 11.2 Å². The van der Waals surface area contributed by atoms with Crippen LogP contribution in [0.15, 0.2) is 11.6 Å². The van der Waals surface area contributed by atoms with Crippen LogP contribution in [-0.2, 0) is 11.2 Å². The first-order valence-electron chi connectivity index (χ1n) is 4.04. The molecule has 0 aliphatic heterocycles. The summed E-state index contributed by atoms with van der Waals surface area (Å²) < 4.78 is 0. The summed E-state index contributed by atoms with van der Waals surface area (Å²) in [6.45, 7) is 2.39. The van der Waals surface area contributed by atoms with Gasteiger partial charge in [0.2, 0.25) is 5.91 Å². The number of thiol groups is 1. The maximum absolute atomic E-state index is 11.1. The quantitative estimate of drug-likeness (QED) is 0.741. The van der Waals surface area contributed by atoms with Crippen LogP contribution in [-0.4, -0.2) is 22.7 Å². The first-order valence-corrected chi connectivity index (χ1v) is 5.44. The third-order valence-corrected chi connectivity index (χ3v) is 2.57. The molecular formula is C8H12N2OS2. The van der Waals surface area contributed by atoms with E-state index in [0.29, 0.717) is 6.54 Å². The SMILES string of the molecule is CC(S)C(=O)NCCc1nccs1. The van der Waals surface area contributed by atoms with Gasteiger partial charge < -0.3 is 5.32 Å². The third-order valence-electron chi connectivity index (χ3n) is 1.50. The van der Waals surface area contributed by atoms with Gasteiger partial charge in [0.25, 0.3) is 0 Å². The van der Waals surface area contributed by atoms with E-state index in [1.54, 1.807) is 24.5 Å². The molecule has 5 heteroatoms. The molecular weight excluding hydrogens is 204 g/mol. The fraction of sp³-hybridized carbons (Fsp3) is 0.500. The minimum absolute atomic E-state index is 0.0279. The van der Waals surface area contributed by atoms with E-state index < -0.39 is 0 Å². The molecule has 1 aromatic heterocycles. The van der Waals surface area contributed by atoms with Crippen molar-refractivity contribution < 1.29 is 4.79 Å². The topological polar surface area (TPSA) is 42.0 Å². The Hall–Kier alpha value is -0.550. The van der Waals surface area contributed by atoms with Crippen molar-refractivity contribution in [3.63, 3.8) is 0 Å². The van der Waals surface area contributed by atoms with Gasteiger partial charge in [0.15, 0.2) is 0 Å². The molecule has 0 saturated carbocycles. The van der Waals surface area contributed by atoms with E-state index in [4.69, 9.17) is 0 Å². The monoisotopic (exact) mass is 216 g/mol. The molecule has 0 aliphatic carbocycles. The number of carbonyl (C=O) groups is 1. The minimum Gasteiger partial charge on any atom is -0.355 e. The van der Waals surface area contributed by atoms with Crippen LogP contribution >= 0.6 is 24.0 Å². The molecule has 0 spiro atoms. The van der Waals surface area contributed by atoms with Crippen molar-refractivity contribution >= 4 is 29.9 Å². The number of hydrogen-bond acceptors (Lipinski definition) is 4. The Balaban J connectivity index is 2.18. The van der Waals surface area contributed by atoms with E-state index in [9.17, 15) is 4.79 Å². The number of hydrogen-bond donors (Lipinski definition) is 2. The van der Waals surface area contributed by atoms with Gasteiger partial charge >= 0.3 is 0 Å². The fourth-order valence-corrected chi connectivity index (χ4v) is 1.53. The first kappa shape index (κ1) is 10.5. The van der Waals surface area contributed by atoms with Crippen LogP contribution < -0.4 is 5.32 Å². The van der Waals surface area contributed by atoms with Crippen LogP contribution in [0, 0.1) is 0 Å². The molecule has 0 fully saturated rings. The van der Waals surface area contributed by atoms with Crippen molar-refractivity contribution in [2.24, 2.45) is 0 Å². The summed E-state index contributed by atoms with van der Waals surface area (Å²) in [6, 6.07) is 0. The van der Waals surface area contributed by atoms with Gasteiger partial charge in [0.05, 0.1) is 10.3 Å². The highest BCUT2D eigenvalue weighted by Crippen LogP contribution is 2.03.